The van der Waals surface area contributed by atoms with Crippen LogP contribution < -0.4 is 65.5 Å². The highest BCUT2D eigenvalue weighted by molar-refractivity contribution is 7.98. The maximum atomic E-state index is 14.3. The van der Waals surface area contributed by atoms with Crippen molar-refractivity contribution < 1.29 is 68.1 Å². The number of unbranched alkanes of at least 4 members (excludes halogenated alkanes) is 2. The minimum absolute atomic E-state index is 0.0212. The smallest absolute Gasteiger partial charge is 0.326 e. The second kappa shape index (κ2) is 38.7. The standard InChI is InChI=1S/C59H86N12O14S/c1-35(2)30-45(56(81)71-48(59(84)85)33-38-20-22-39(72)23-21-38)69-55(80)44(26-29-86-3)67-52(77)41(18-10-12-27-60)64-54(79)43(24-25-50(74)75)66-58(83)47(34-49(63)73)70-53(78)42(19-11-13-28-61)65-57(82)46(32-37-16-8-5-9-17-37)68-51(76)40(62)31-36-14-6-4-7-15-36/h4-9,14-17,20-23,35,40-48,72H,10-13,18-19,24-34,60-62H2,1-3H3,(H2,63,73)(H,64,79)(H,65,82)(H,66,83)(H,67,77)(H,68,76)(H,69,80)(H,70,78)(H,71,81)(H,74,75)(H,84,85)/t40-,41-,42-,43-,44-,45-,46-,47-,48-/m0/s1. The van der Waals surface area contributed by atoms with Crippen molar-refractivity contribution in [2.75, 3.05) is 25.1 Å². The number of rotatable bonds is 41. The van der Waals surface area contributed by atoms with Crippen LogP contribution >= 0.6 is 11.8 Å². The van der Waals surface area contributed by atoms with Crippen molar-refractivity contribution >= 4 is 76.9 Å². The predicted molar refractivity (Wildman–Crippen MR) is 322 cm³/mol. The number of hydrogen-bond donors (Lipinski definition) is 15. The van der Waals surface area contributed by atoms with Crippen LogP contribution in [0.25, 0.3) is 0 Å². The number of primary amides is 1. The van der Waals surface area contributed by atoms with Gasteiger partial charge in [-0.2, -0.15) is 11.8 Å². The fourth-order valence-electron chi connectivity index (χ4n) is 8.95. The molecule has 26 nitrogen and oxygen atoms in total. The molecule has 0 aliphatic rings. The minimum atomic E-state index is -1.82. The van der Waals surface area contributed by atoms with Crippen LogP contribution in [-0.4, -0.2) is 160 Å². The van der Waals surface area contributed by atoms with Crippen molar-refractivity contribution in [3.63, 3.8) is 0 Å². The third-order valence-electron chi connectivity index (χ3n) is 13.6. The fraction of sp³-hybridized carbons (Fsp3) is 0.508. The van der Waals surface area contributed by atoms with E-state index in [0.29, 0.717) is 29.7 Å². The lowest BCUT2D eigenvalue weighted by Crippen LogP contribution is -2.61. The first-order valence-corrected chi connectivity index (χ1v) is 30.0. The third kappa shape index (κ3) is 27.3. The lowest BCUT2D eigenvalue weighted by Gasteiger charge is -2.28. The number of aliphatic carboxylic acids is 2. The molecule has 0 unspecified atom stereocenters. The molecule has 0 saturated heterocycles. The number of carboxylic acids is 2. The number of carboxylic acid groups (broad SMARTS) is 2. The first-order valence-electron chi connectivity index (χ1n) is 28.6. The van der Waals surface area contributed by atoms with Gasteiger partial charge in [0.1, 0.15) is 54.1 Å². The van der Waals surface area contributed by atoms with Gasteiger partial charge in [-0.05, 0) is 124 Å². The Hall–Kier alpha value is -8.14. The van der Waals surface area contributed by atoms with E-state index in [2.05, 4.69) is 42.5 Å². The highest BCUT2D eigenvalue weighted by Crippen LogP contribution is 2.15. The van der Waals surface area contributed by atoms with Gasteiger partial charge in [-0.3, -0.25) is 47.9 Å². The number of hydrogen-bond acceptors (Lipinski definition) is 16. The van der Waals surface area contributed by atoms with Crippen LogP contribution in [0, 0.1) is 5.92 Å². The molecule has 3 aromatic rings. The average molecular weight is 1220 g/mol. The summed E-state index contributed by atoms with van der Waals surface area (Å²) in [6, 6.07) is 10.7. The molecule has 9 amide bonds. The molecule has 19 N–H and O–H groups in total. The van der Waals surface area contributed by atoms with Gasteiger partial charge in [0.25, 0.3) is 0 Å². The molecule has 0 heterocycles. The van der Waals surface area contributed by atoms with Crippen LogP contribution in [0.4, 0.5) is 0 Å². The maximum Gasteiger partial charge on any atom is 0.326 e. The number of aromatic hydroxyl groups is 1. The number of nitrogens with two attached hydrogens (primary N) is 4. The number of carbonyl (C=O) groups excluding carboxylic acids is 9. The van der Waals surface area contributed by atoms with E-state index in [0.717, 1.165) is 5.56 Å². The first-order chi connectivity index (χ1) is 40.9. The molecular formula is C59H86N12O14S. The van der Waals surface area contributed by atoms with Crippen LogP contribution in [0.5, 0.6) is 5.75 Å². The Morgan fingerprint density at radius 2 is 0.849 bits per heavy atom. The van der Waals surface area contributed by atoms with Crippen molar-refractivity contribution in [3.8, 4) is 5.75 Å². The van der Waals surface area contributed by atoms with Gasteiger partial charge in [0.05, 0.1) is 12.5 Å². The van der Waals surface area contributed by atoms with Gasteiger partial charge >= 0.3 is 11.9 Å². The van der Waals surface area contributed by atoms with Gasteiger partial charge in [0.2, 0.25) is 53.2 Å². The zero-order chi connectivity index (χ0) is 63.7. The summed E-state index contributed by atoms with van der Waals surface area (Å²) in [4.78, 5) is 149. The Balaban J connectivity index is 1.89. The first kappa shape index (κ1) is 72.1. The summed E-state index contributed by atoms with van der Waals surface area (Å²) < 4.78 is 0. The van der Waals surface area contributed by atoms with E-state index in [1.807, 2.05) is 6.07 Å². The molecule has 27 heteroatoms. The van der Waals surface area contributed by atoms with Crippen molar-refractivity contribution in [1.82, 2.24) is 42.5 Å². The highest BCUT2D eigenvalue weighted by atomic mass is 32.2. The molecule has 0 bridgehead atoms. The monoisotopic (exact) mass is 1220 g/mol. The second-order valence-corrected chi connectivity index (χ2v) is 22.3. The molecule has 0 saturated carbocycles. The molecule has 0 aliphatic carbocycles. The molecule has 9 atom stereocenters. The molecule has 86 heavy (non-hydrogen) atoms. The third-order valence-corrected chi connectivity index (χ3v) is 14.2. The van der Waals surface area contributed by atoms with Crippen LogP contribution in [0.15, 0.2) is 84.9 Å². The zero-order valence-corrected chi connectivity index (χ0v) is 49.7. The molecule has 0 radical (unpaired) electrons. The number of benzene rings is 3. The molecule has 0 aromatic heterocycles. The summed E-state index contributed by atoms with van der Waals surface area (Å²) in [5.74, 6) is -10.9. The SMILES string of the molecule is CSCC[C@H](NC(=O)[C@H](CCCCN)NC(=O)[C@H](CCC(=O)O)NC(=O)[C@H](CC(N)=O)NC(=O)[C@H](CCCCN)NC(=O)[C@H](Cc1ccccc1)NC(=O)[C@@H](N)Cc1ccccc1)C(=O)N[C@@H](CC(C)C)C(=O)N[C@@H](Cc1ccc(O)cc1)C(=O)O. The van der Waals surface area contributed by atoms with Crippen LogP contribution in [0.2, 0.25) is 0 Å². The minimum Gasteiger partial charge on any atom is -0.508 e. The molecule has 3 rings (SSSR count). The van der Waals surface area contributed by atoms with Gasteiger partial charge in [0.15, 0.2) is 0 Å². The van der Waals surface area contributed by atoms with Crippen LogP contribution in [-0.2, 0) is 72.0 Å². The van der Waals surface area contributed by atoms with E-state index in [-0.39, 0.29) is 82.5 Å². The number of amides is 9. The van der Waals surface area contributed by atoms with Gasteiger partial charge in [-0.25, -0.2) is 4.79 Å². The summed E-state index contributed by atoms with van der Waals surface area (Å²) in [7, 11) is 0. The molecule has 3 aromatic carbocycles. The molecule has 0 aliphatic heterocycles. The summed E-state index contributed by atoms with van der Waals surface area (Å²) >= 11 is 1.34. The van der Waals surface area contributed by atoms with Crippen LogP contribution in [0.1, 0.15) is 101 Å². The molecule has 472 valence electrons. The van der Waals surface area contributed by atoms with E-state index in [4.69, 9.17) is 22.9 Å². The number of carbonyl (C=O) groups is 11. The largest absolute Gasteiger partial charge is 0.508 e. The second-order valence-electron chi connectivity index (χ2n) is 21.3. The number of nitrogens with one attached hydrogen (secondary N) is 8. The van der Waals surface area contributed by atoms with E-state index in [1.165, 1.54) is 36.0 Å². The van der Waals surface area contributed by atoms with E-state index in [9.17, 15) is 68.1 Å². The van der Waals surface area contributed by atoms with Crippen LogP contribution in [0.3, 0.4) is 0 Å². The fourth-order valence-corrected chi connectivity index (χ4v) is 9.42. The van der Waals surface area contributed by atoms with Crippen molar-refractivity contribution in [2.24, 2.45) is 28.9 Å². The van der Waals surface area contributed by atoms with Crippen molar-refractivity contribution in [1.29, 1.82) is 0 Å². The Bertz CT molecular complexity index is 2690. The van der Waals surface area contributed by atoms with Gasteiger partial charge in [-0.15, -0.1) is 0 Å². The zero-order valence-electron chi connectivity index (χ0n) is 48.9. The average Bonchev–Trinajstić information content (AvgIpc) is 3.48. The quantitative estimate of drug-likeness (QED) is 0.0319. The molecule has 0 spiro atoms. The topological polar surface area (TPSA) is 449 Å². The summed E-state index contributed by atoms with van der Waals surface area (Å²) in [6.07, 6.45) is 0.904. The normalized spacial score (nSPS) is 14.2. The van der Waals surface area contributed by atoms with Gasteiger partial charge < -0.3 is 80.8 Å². The Labute approximate surface area is 505 Å². The van der Waals surface area contributed by atoms with Gasteiger partial charge in [-0.1, -0.05) is 86.6 Å². The number of thioether (sulfide) groups is 1. The summed E-state index contributed by atoms with van der Waals surface area (Å²) in [5, 5.41) is 49.9. The summed E-state index contributed by atoms with van der Waals surface area (Å²) in [5.41, 5.74) is 25.3. The maximum absolute atomic E-state index is 14.3. The number of phenolic OH excluding ortho intramolecular Hbond substituents is 1. The molecule has 0 fully saturated rings. The van der Waals surface area contributed by atoms with Gasteiger partial charge in [0, 0.05) is 19.3 Å². The lowest BCUT2D eigenvalue weighted by atomic mass is 10.0. The van der Waals surface area contributed by atoms with Crippen molar-refractivity contribution in [2.45, 2.75) is 158 Å². The Kier molecular flexibility index (Phi) is 32.5. The van der Waals surface area contributed by atoms with E-state index >= 15 is 0 Å². The van der Waals surface area contributed by atoms with Crippen molar-refractivity contribution in [3.05, 3.63) is 102 Å². The van der Waals surface area contributed by atoms with E-state index in [1.54, 1.807) is 74.7 Å². The summed E-state index contributed by atoms with van der Waals surface area (Å²) in [6.45, 7) is 3.96. The molecular weight excluding hydrogens is 1130 g/mol. The Morgan fingerprint density at radius 1 is 0.465 bits per heavy atom. The lowest BCUT2D eigenvalue weighted by molar-refractivity contribution is -0.142. The highest BCUT2D eigenvalue weighted by Gasteiger charge is 2.36. The van der Waals surface area contributed by atoms with E-state index < -0.39 is 139 Å². The number of phenols is 1. The predicted octanol–water partition coefficient (Wildman–Crippen LogP) is -0.492. The Morgan fingerprint density at radius 3 is 1.30 bits per heavy atom.